The summed E-state index contributed by atoms with van der Waals surface area (Å²) in [6.45, 7) is 6.09. The first-order valence-corrected chi connectivity index (χ1v) is 12.4. The second-order valence-electron chi connectivity index (χ2n) is 9.09. The molecule has 0 aliphatic carbocycles. The van der Waals surface area contributed by atoms with Crippen LogP contribution in [0.4, 0.5) is 15.8 Å². The van der Waals surface area contributed by atoms with E-state index in [9.17, 15) is 14.7 Å². The fourth-order valence-electron chi connectivity index (χ4n) is 5.12. The van der Waals surface area contributed by atoms with Crippen molar-refractivity contribution in [3.8, 4) is 5.75 Å². The van der Waals surface area contributed by atoms with Gasteiger partial charge in [0.15, 0.2) is 5.82 Å². The molecule has 4 aromatic rings. The zero-order valence-corrected chi connectivity index (χ0v) is 21.4. The Morgan fingerprint density at radius 1 is 1.30 bits per heavy atom. The van der Waals surface area contributed by atoms with Crippen LogP contribution in [0.2, 0.25) is 5.02 Å². The minimum Gasteiger partial charge on any atom is -0.497 e. The number of rotatable bonds is 5. The maximum atomic E-state index is 15.6. The highest BCUT2D eigenvalue weighted by atomic mass is 35.5. The second kappa shape index (κ2) is 9.55. The smallest absolute Gasteiger partial charge is 0.341 e. The lowest BCUT2D eigenvalue weighted by Crippen LogP contribution is -2.52. The Bertz CT molecular complexity index is 1610. The largest absolute Gasteiger partial charge is 0.497 e. The van der Waals surface area contributed by atoms with Crippen LogP contribution in [0, 0.1) is 5.82 Å². The van der Waals surface area contributed by atoms with Crippen molar-refractivity contribution in [1.82, 2.24) is 9.55 Å². The summed E-state index contributed by atoms with van der Waals surface area (Å²) < 4.78 is 22.6. The maximum Gasteiger partial charge on any atom is 0.341 e. The number of carbonyl (C=O) groups is 1. The van der Waals surface area contributed by atoms with Gasteiger partial charge in [0, 0.05) is 55.6 Å². The van der Waals surface area contributed by atoms with Crippen molar-refractivity contribution in [2.45, 2.75) is 26.4 Å². The molecular formula is C27H26ClFN4O4. The molecule has 0 saturated carbocycles. The third-order valence-electron chi connectivity index (χ3n) is 6.99. The van der Waals surface area contributed by atoms with Gasteiger partial charge in [-0.3, -0.25) is 9.78 Å². The number of pyridine rings is 2. The predicted molar refractivity (Wildman–Crippen MR) is 143 cm³/mol. The highest BCUT2D eigenvalue weighted by Crippen LogP contribution is 2.37. The van der Waals surface area contributed by atoms with Crippen molar-refractivity contribution < 1.29 is 19.0 Å². The second-order valence-corrected chi connectivity index (χ2v) is 9.47. The number of piperazine rings is 1. The molecule has 5 rings (SSSR count). The number of fused-ring (bicyclic) bond motifs is 3. The Morgan fingerprint density at radius 3 is 2.76 bits per heavy atom. The van der Waals surface area contributed by atoms with E-state index in [-0.39, 0.29) is 32.9 Å². The number of halogens is 2. The summed E-state index contributed by atoms with van der Waals surface area (Å²) in [5.74, 6) is -1.30. The van der Waals surface area contributed by atoms with E-state index >= 15 is 4.39 Å². The van der Waals surface area contributed by atoms with Crippen LogP contribution in [0.5, 0.6) is 5.75 Å². The van der Waals surface area contributed by atoms with Crippen LogP contribution in [-0.2, 0) is 6.54 Å². The molecule has 1 unspecified atom stereocenters. The average Bonchev–Trinajstić information content (AvgIpc) is 2.90. The first-order chi connectivity index (χ1) is 17.7. The first-order valence-electron chi connectivity index (χ1n) is 12.0. The SMILES string of the molecule is CCn1cc(C(=O)O)c(=O)c2c3cc(N4CCN(c5cccc(OC)c5)C(C)C4)c(Cl)c(F)c3ncc21. The van der Waals surface area contributed by atoms with Gasteiger partial charge in [0.25, 0.3) is 0 Å². The van der Waals surface area contributed by atoms with Crippen LogP contribution >= 0.6 is 11.6 Å². The molecule has 2 aromatic heterocycles. The number of aromatic carboxylic acids is 1. The molecular weight excluding hydrogens is 499 g/mol. The van der Waals surface area contributed by atoms with E-state index in [1.165, 1.54) is 12.4 Å². The molecule has 3 heterocycles. The van der Waals surface area contributed by atoms with Crippen molar-refractivity contribution in [3.63, 3.8) is 0 Å². The molecule has 1 N–H and O–H groups in total. The molecule has 0 bridgehead atoms. The Hall–Kier alpha value is -3.85. The average molecular weight is 525 g/mol. The van der Waals surface area contributed by atoms with Gasteiger partial charge < -0.3 is 24.2 Å². The maximum absolute atomic E-state index is 15.6. The number of hydrogen-bond donors (Lipinski definition) is 1. The standard InChI is InChI=1S/C27H26ClFN4O4/c1-4-31-14-19(27(35)36)26(34)22-18-11-20(23(28)24(29)25(18)30-12-21(22)31)32-8-9-33(15(2)13-32)16-6-5-7-17(10-16)37-3/h5-7,10-12,14-15H,4,8-9,13H2,1-3H3,(H,35,36). The van der Waals surface area contributed by atoms with E-state index in [1.807, 2.05) is 36.1 Å². The summed E-state index contributed by atoms with van der Waals surface area (Å²) in [5.41, 5.74) is 0.795. The van der Waals surface area contributed by atoms with Crippen molar-refractivity contribution in [2.24, 2.45) is 0 Å². The number of aromatic nitrogens is 2. The van der Waals surface area contributed by atoms with E-state index in [1.54, 1.807) is 17.7 Å². The zero-order valence-electron chi connectivity index (χ0n) is 20.7. The molecule has 0 spiro atoms. The van der Waals surface area contributed by atoms with Crippen LogP contribution in [0.25, 0.3) is 21.8 Å². The lowest BCUT2D eigenvalue weighted by atomic mass is 10.0. The van der Waals surface area contributed by atoms with Crippen LogP contribution in [0.3, 0.4) is 0 Å². The van der Waals surface area contributed by atoms with Gasteiger partial charge in [-0.1, -0.05) is 17.7 Å². The predicted octanol–water partition coefficient (Wildman–Crippen LogP) is 4.78. The number of nitrogens with zero attached hydrogens (tertiary/aromatic N) is 4. The van der Waals surface area contributed by atoms with E-state index in [0.717, 1.165) is 11.4 Å². The Morgan fingerprint density at radius 2 is 2.08 bits per heavy atom. The summed E-state index contributed by atoms with van der Waals surface area (Å²) in [6.07, 6.45) is 2.69. The number of carboxylic acid groups (broad SMARTS) is 1. The van der Waals surface area contributed by atoms with E-state index in [2.05, 4.69) is 16.8 Å². The van der Waals surface area contributed by atoms with Gasteiger partial charge in [-0.25, -0.2) is 9.18 Å². The number of carboxylic acids is 1. The molecule has 1 fully saturated rings. The molecule has 1 aliphatic heterocycles. The Balaban J connectivity index is 1.62. The van der Waals surface area contributed by atoms with Crippen LogP contribution < -0.4 is 20.0 Å². The van der Waals surface area contributed by atoms with Crippen molar-refractivity contribution in [2.75, 3.05) is 36.5 Å². The van der Waals surface area contributed by atoms with Gasteiger partial charge in [0.2, 0.25) is 5.43 Å². The number of methoxy groups -OCH3 is 1. The van der Waals surface area contributed by atoms with Gasteiger partial charge in [0.1, 0.15) is 21.9 Å². The quantitative estimate of drug-likeness (QED) is 0.376. The number of benzene rings is 2. The fourth-order valence-corrected chi connectivity index (χ4v) is 5.38. The van der Waals surface area contributed by atoms with Gasteiger partial charge in [0.05, 0.1) is 29.9 Å². The van der Waals surface area contributed by atoms with Crippen LogP contribution in [0.15, 0.2) is 47.5 Å². The van der Waals surface area contributed by atoms with Crippen molar-refractivity contribution >= 4 is 50.8 Å². The highest BCUT2D eigenvalue weighted by molar-refractivity contribution is 6.34. The first kappa shape index (κ1) is 24.8. The molecule has 10 heteroatoms. The number of ether oxygens (including phenoxy) is 1. The summed E-state index contributed by atoms with van der Waals surface area (Å²) >= 11 is 6.51. The van der Waals surface area contributed by atoms with Crippen LogP contribution in [0.1, 0.15) is 24.2 Å². The molecule has 8 nitrogen and oxygen atoms in total. The molecule has 1 saturated heterocycles. The number of hydrogen-bond acceptors (Lipinski definition) is 6. The van der Waals surface area contributed by atoms with Gasteiger partial charge >= 0.3 is 5.97 Å². The van der Waals surface area contributed by atoms with E-state index in [0.29, 0.717) is 37.4 Å². The number of anilines is 2. The molecule has 0 radical (unpaired) electrons. The minimum atomic E-state index is -1.34. The van der Waals surface area contributed by atoms with Gasteiger partial charge in [-0.05, 0) is 32.0 Å². The molecule has 192 valence electrons. The Labute approximate surface area is 217 Å². The highest BCUT2D eigenvalue weighted by Gasteiger charge is 2.28. The van der Waals surface area contributed by atoms with E-state index in [4.69, 9.17) is 16.3 Å². The Kier molecular flexibility index (Phi) is 6.41. The lowest BCUT2D eigenvalue weighted by molar-refractivity contribution is 0.0695. The molecule has 37 heavy (non-hydrogen) atoms. The van der Waals surface area contributed by atoms with Crippen LogP contribution in [-0.4, -0.2) is 53.4 Å². The molecule has 1 aliphatic rings. The lowest BCUT2D eigenvalue weighted by Gasteiger charge is -2.42. The third-order valence-corrected chi connectivity index (χ3v) is 7.35. The van der Waals surface area contributed by atoms with Crippen molar-refractivity contribution in [1.29, 1.82) is 0 Å². The molecule has 0 amide bonds. The fraction of sp³-hybridized carbons (Fsp3) is 0.296. The topological polar surface area (TPSA) is 87.9 Å². The van der Waals surface area contributed by atoms with Gasteiger partial charge in [-0.15, -0.1) is 0 Å². The minimum absolute atomic E-state index is 0.0633. The van der Waals surface area contributed by atoms with E-state index < -0.39 is 17.2 Å². The van der Waals surface area contributed by atoms with Gasteiger partial charge in [-0.2, -0.15) is 0 Å². The summed E-state index contributed by atoms with van der Waals surface area (Å²) in [6, 6.07) is 9.56. The third kappa shape index (κ3) is 4.13. The molecule has 1 atom stereocenters. The summed E-state index contributed by atoms with van der Waals surface area (Å²) in [5, 5.41) is 9.89. The van der Waals surface area contributed by atoms with Crippen molar-refractivity contribution in [3.05, 3.63) is 69.4 Å². The normalized spacial score (nSPS) is 16.0. The summed E-state index contributed by atoms with van der Waals surface area (Å²) in [4.78, 5) is 33.5. The summed E-state index contributed by atoms with van der Waals surface area (Å²) in [7, 11) is 1.63. The monoisotopic (exact) mass is 524 g/mol. The number of aryl methyl sites for hydroxylation is 1. The zero-order chi connectivity index (χ0) is 26.4. The molecule has 2 aromatic carbocycles.